The van der Waals surface area contributed by atoms with Crippen molar-refractivity contribution < 1.29 is 18.4 Å². The van der Waals surface area contributed by atoms with Crippen LogP contribution in [0.25, 0.3) is 11.1 Å². The zero-order valence-electron chi connectivity index (χ0n) is 12.4. The number of hydrogen-bond acceptors (Lipinski definition) is 5. The third kappa shape index (κ3) is 3.55. The topological polar surface area (TPSA) is 101 Å². The van der Waals surface area contributed by atoms with Crippen molar-refractivity contribution in [3.63, 3.8) is 0 Å². The van der Waals surface area contributed by atoms with Crippen LogP contribution in [0.1, 0.15) is 0 Å². The van der Waals surface area contributed by atoms with Crippen LogP contribution in [0.2, 0.25) is 0 Å². The maximum atomic E-state index is 12.3. The highest BCUT2D eigenvalue weighted by Crippen LogP contribution is 2.30. The van der Waals surface area contributed by atoms with Gasteiger partial charge in [-0.05, 0) is 23.8 Å². The molecule has 0 aliphatic carbocycles. The van der Waals surface area contributed by atoms with Gasteiger partial charge in [0, 0.05) is 19.7 Å². The average Bonchev–Trinajstić information content (AvgIpc) is 2.55. The number of nitrogens with zero attached hydrogens (tertiary/aromatic N) is 2. The Morgan fingerprint density at radius 1 is 1.13 bits per heavy atom. The summed E-state index contributed by atoms with van der Waals surface area (Å²) in [6.07, 6.45) is 0. The molecule has 23 heavy (non-hydrogen) atoms. The predicted molar refractivity (Wildman–Crippen MR) is 85.4 cm³/mol. The van der Waals surface area contributed by atoms with Crippen molar-refractivity contribution >= 4 is 15.7 Å². The van der Waals surface area contributed by atoms with Crippen LogP contribution in [0.15, 0.2) is 53.4 Å². The van der Waals surface area contributed by atoms with Gasteiger partial charge in [-0.3, -0.25) is 10.1 Å². The highest BCUT2D eigenvalue weighted by atomic mass is 32.2. The van der Waals surface area contributed by atoms with Crippen molar-refractivity contribution in [2.75, 3.05) is 20.2 Å². The molecule has 0 spiro atoms. The third-order valence-corrected chi connectivity index (χ3v) is 5.26. The lowest BCUT2D eigenvalue weighted by atomic mass is 10.0. The summed E-state index contributed by atoms with van der Waals surface area (Å²) in [5.74, 6) is 0. The van der Waals surface area contributed by atoms with Crippen LogP contribution >= 0.6 is 0 Å². The van der Waals surface area contributed by atoms with Crippen LogP contribution in [-0.2, 0) is 10.0 Å². The van der Waals surface area contributed by atoms with Gasteiger partial charge in [-0.1, -0.05) is 24.3 Å². The van der Waals surface area contributed by atoms with Crippen molar-refractivity contribution in [3.05, 3.63) is 58.6 Å². The Labute approximate surface area is 134 Å². The van der Waals surface area contributed by atoms with Gasteiger partial charge >= 0.3 is 0 Å². The van der Waals surface area contributed by atoms with Crippen molar-refractivity contribution in [2.24, 2.45) is 0 Å². The van der Waals surface area contributed by atoms with E-state index in [9.17, 15) is 18.5 Å². The fraction of sp³-hybridized carbons (Fsp3) is 0.200. The van der Waals surface area contributed by atoms with Crippen LogP contribution in [0.4, 0.5) is 5.69 Å². The van der Waals surface area contributed by atoms with E-state index in [1.54, 1.807) is 18.2 Å². The maximum Gasteiger partial charge on any atom is 0.277 e. The molecule has 122 valence electrons. The molecule has 0 saturated carbocycles. The molecule has 0 heterocycles. The molecule has 0 aliphatic rings. The highest BCUT2D eigenvalue weighted by molar-refractivity contribution is 7.89. The molecule has 2 rings (SSSR count). The maximum absolute atomic E-state index is 12.3. The van der Waals surface area contributed by atoms with Gasteiger partial charge in [0.2, 0.25) is 10.0 Å². The second kappa shape index (κ2) is 6.86. The third-order valence-electron chi connectivity index (χ3n) is 3.39. The van der Waals surface area contributed by atoms with Crippen LogP contribution in [0.5, 0.6) is 0 Å². The molecule has 0 bridgehead atoms. The first-order valence-corrected chi connectivity index (χ1v) is 8.23. The summed E-state index contributed by atoms with van der Waals surface area (Å²) in [6.45, 7) is -0.279. The molecule has 0 aliphatic heterocycles. The number of nitro benzene ring substituents is 1. The molecule has 1 N–H and O–H groups in total. The highest BCUT2D eigenvalue weighted by Gasteiger charge is 2.21. The minimum Gasteiger partial charge on any atom is -0.395 e. The first kappa shape index (κ1) is 17.1. The van der Waals surface area contributed by atoms with E-state index in [4.69, 9.17) is 5.11 Å². The Balaban J connectivity index is 2.40. The molecule has 0 fully saturated rings. The molecule has 0 radical (unpaired) electrons. The van der Waals surface area contributed by atoms with Gasteiger partial charge in [-0.25, -0.2) is 8.42 Å². The summed E-state index contributed by atoms with van der Waals surface area (Å²) >= 11 is 0. The average molecular weight is 336 g/mol. The molecule has 0 atom stereocenters. The number of likely N-dealkylation sites (N-methyl/N-ethyl adjacent to an activating group) is 1. The van der Waals surface area contributed by atoms with Crippen molar-refractivity contribution in [3.8, 4) is 11.1 Å². The molecule has 7 nitrogen and oxygen atoms in total. The minimum atomic E-state index is -3.69. The molecular weight excluding hydrogens is 320 g/mol. The molecule has 2 aromatic rings. The van der Waals surface area contributed by atoms with Gasteiger partial charge in [-0.15, -0.1) is 0 Å². The largest absolute Gasteiger partial charge is 0.395 e. The second-order valence-corrected chi connectivity index (χ2v) is 6.89. The van der Waals surface area contributed by atoms with E-state index < -0.39 is 14.9 Å². The van der Waals surface area contributed by atoms with Crippen LogP contribution < -0.4 is 0 Å². The SMILES string of the molecule is CN(CCO)S(=O)(=O)c1ccc(-c2ccccc2[N+](=O)[O-])cc1. The Hall–Kier alpha value is -2.29. The predicted octanol–water partition coefficient (Wildman–Crippen LogP) is 1.87. The number of sulfonamides is 1. The number of hydrogen-bond donors (Lipinski definition) is 1. The summed E-state index contributed by atoms with van der Waals surface area (Å²) in [5, 5.41) is 19.9. The number of nitro groups is 1. The fourth-order valence-corrected chi connectivity index (χ4v) is 3.29. The summed E-state index contributed by atoms with van der Waals surface area (Å²) < 4.78 is 25.6. The first-order valence-electron chi connectivity index (χ1n) is 6.79. The Morgan fingerprint density at radius 3 is 2.30 bits per heavy atom. The van der Waals surface area contributed by atoms with E-state index >= 15 is 0 Å². The van der Waals surface area contributed by atoms with E-state index in [1.165, 1.54) is 37.4 Å². The summed E-state index contributed by atoms with van der Waals surface area (Å²) in [6, 6.07) is 12.1. The summed E-state index contributed by atoms with van der Waals surface area (Å²) in [5.41, 5.74) is 0.937. The zero-order valence-corrected chi connectivity index (χ0v) is 13.2. The number of para-hydroxylation sites is 1. The number of aliphatic hydroxyl groups excluding tert-OH is 1. The van der Waals surface area contributed by atoms with Gasteiger partial charge in [0.1, 0.15) is 0 Å². The van der Waals surface area contributed by atoms with Crippen LogP contribution in [-0.4, -0.2) is 43.0 Å². The lowest BCUT2D eigenvalue weighted by Crippen LogP contribution is -2.29. The van der Waals surface area contributed by atoms with E-state index in [2.05, 4.69) is 0 Å². The second-order valence-electron chi connectivity index (χ2n) is 4.85. The molecule has 8 heteroatoms. The zero-order chi connectivity index (χ0) is 17.0. The quantitative estimate of drug-likeness (QED) is 0.641. The summed E-state index contributed by atoms with van der Waals surface area (Å²) in [4.78, 5) is 10.7. The van der Waals surface area contributed by atoms with E-state index in [0.29, 0.717) is 11.1 Å². The monoisotopic (exact) mass is 336 g/mol. The normalized spacial score (nSPS) is 11.6. The standard InChI is InChI=1S/C15H16N2O5S/c1-16(10-11-18)23(21,22)13-8-6-12(7-9-13)14-4-2-3-5-15(14)17(19)20/h2-9,18H,10-11H2,1H3. The minimum absolute atomic E-state index is 0.00571. The van der Waals surface area contributed by atoms with Crippen molar-refractivity contribution in [1.82, 2.24) is 4.31 Å². The van der Waals surface area contributed by atoms with Crippen molar-refractivity contribution in [1.29, 1.82) is 0 Å². The molecule has 2 aromatic carbocycles. The van der Waals surface area contributed by atoms with Gasteiger partial charge < -0.3 is 5.11 Å². The lowest BCUT2D eigenvalue weighted by Gasteiger charge is -2.16. The van der Waals surface area contributed by atoms with Gasteiger partial charge in [0.25, 0.3) is 5.69 Å². The number of aliphatic hydroxyl groups is 1. The van der Waals surface area contributed by atoms with Crippen molar-refractivity contribution in [2.45, 2.75) is 4.90 Å². The Bertz CT molecular complexity index is 803. The number of benzene rings is 2. The Morgan fingerprint density at radius 2 is 1.74 bits per heavy atom. The molecular formula is C15H16N2O5S. The smallest absolute Gasteiger partial charge is 0.277 e. The van der Waals surface area contributed by atoms with Crippen LogP contribution in [0, 0.1) is 10.1 Å². The first-order chi connectivity index (χ1) is 10.9. The number of rotatable bonds is 6. The van der Waals surface area contributed by atoms with Gasteiger partial charge in [0.05, 0.1) is 22.0 Å². The van der Waals surface area contributed by atoms with Gasteiger partial charge in [0.15, 0.2) is 0 Å². The molecule has 0 unspecified atom stereocenters. The molecule has 0 aromatic heterocycles. The van der Waals surface area contributed by atoms with E-state index in [1.807, 2.05) is 0 Å². The summed E-state index contributed by atoms with van der Waals surface area (Å²) in [7, 11) is -2.31. The van der Waals surface area contributed by atoms with Gasteiger partial charge in [-0.2, -0.15) is 4.31 Å². The molecule has 0 saturated heterocycles. The Kier molecular flexibility index (Phi) is 5.09. The van der Waals surface area contributed by atoms with Crippen LogP contribution in [0.3, 0.4) is 0 Å². The fourth-order valence-electron chi connectivity index (χ4n) is 2.12. The van der Waals surface area contributed by atoms with E-state index in [-0.39, 0.29) is 23.7 Å². The molecule has 0 amide bonds. The van der Waals surface area contributed by atoms with E-state index in [0.717, 1.165) is 4.31 Å². The lowest BCUT2D eigenvalue weighted by molar-refractivity contribution is -0.384.